The van der Waals surface area contributed by atoms with Crippen LogP contribution in [0.4, 0.5) is 0 Å². The Bertz CT molecular complexity index is 607. The summed E-state index contributed by atoms with van der Waals surface area (Å²) >= 11 is 0. The summed E-state index contributed by atoms with van der Waals surface area (Å²) in [7, 11) is 0. The first-order chi connectivity index (χ1) is 8.81. The van der Waals surface area contributed by atoms with Crippen molar-refractivity contribution in [2.24, 2.45) is 0 Å². The van der Waals surface area contributed by atoms with Crippen molar-refractivity contribution in [1.29, 1.82) is 0 Å². The van der Waals surface area contributed by atoms with Crippen molar-refractivity contribution < 1.29 is 9.90 Å². The lowest BCUT2D eigenvalue weighted by Crippen LogP contribution is -2.29. The van der Waals surface area contributed by atoms with Gasteiger partial charge in [-0.2, -0.15) is 0 Å². The second kappa shape index (κ2) is 4.27. The van der Waals surface area contributed by atoms with Gasteiger partial charge in [0.1, 0.15) is 0 Å². The van der Waals surface area contributed by atoms with E-state index in [9.17, 15) is 9.90 Å². The van der Waals surface area contributed by atoms with E-state index in [1.165, 1.54) is 0 Å². The zero-order valence-corrected chi connectivity index (χ0v) is 9.76. The van der Waals surface area contributed by atoms with Crippen LogP contribution in [0.2, 0.25) is 0 Å². The number of aliphatic hydroxyl groups excluding tert-OH is 1. The van der Waals surface area contributed by atoms with Crippen molar-refractivity contribution in [3.8, 4) is 11.1 Å². The highest BCUT2D eigenvalue weighted by atomic mass is 16.3. The number of fused-ring (bicyclic) bond motifs is 3. The molecule has 90 valence electrons. The molecule has 0 saturated carbocycles. The number of aliphatic hydroxyl groups is 1. The van der Waals surface area contributed by atoms with E-state index in [4.69, 9.17) is 0 Å². The first-order valence-electron chi connectivity index (χ1n) is 5.91. The van der Waals surface area contributed by atoms with Gasteiger partial charge < -0.3 is 10.4 Å². The van der Waals surface area contributed by atoms with Crippen LogP contribution in [0.3, 0.4) is 0 Å². The molecule has 2 N–H and O–H groups in total. The molecule has 2 aromatic rings. The van der Waals surface area contributed by atoms with Crippen molar-refractivity contribution in [2.45, 2.75) is 6.04 Å². The van der Waals surface area contributed by atoms with Gasteiger partial charge in [0, 0.05) is 5.56 Å². The molecular formula is C15H13NO2. The van der Waals surface area contributed by atoms with Gasteiger partial charge in [-0.15, -0.1) is 0 Å². The molecule has 0 aromatic heterocycles. The Morgan fingerprint density at radius 2 is 1.56 bits per heavy atom. The van der Waals surface area contributed by atoms with Crippen LogP contribution >= 0.6 is 0 Å². The Morgan fingerprint density at radius 3 is 2.28 bits per heavy atom. The van der Waals surface area contributed by atoms with E-state index in [1.54, 1.807) is 6.07 Å². The van der Waals surface area contributed by atoms with Gasteiger partial charge in [0.15, 0.2) is 0 Å². The molecule has 0 radical (unpaired) electrons. The molecule has 3 nitrogen and oxygen atoms in total. The standard InChI is InChI=1S/C15H13NO2/c17-9-14-12-7-3-1-5-10(12)11-6-2-4-8-13(11)15(18)16-14/h1-8,14,17H,9H2,(H,16,18). The van der Waals surface area contributed by atoms with Crippen LogP contribution in [0.1, 0.15) is 22.0 Å². The summed E-state index contributed by atoms with van der Waals surface area (Å²) in [5.41, 5.74) is 3.53. The van der Waals surface area contributed by atoms with E-state index in [1.807, 2.05) is 42.5 Å². The SMILES string of the molecule is O=C1NC(CO)c2ccccc2-c2ccccc21. The minimum atomic E-state index is -0.346. The highest BCUT2D eigenvalue weighted by molar-refractivity contribution is 6.02. The molecular weight excluding hydrogens is 226 g/mol. The zero-order valence-electron chi connectivity index (χ0n) is 9.76. The van der Waals surface area contributed by atoms with E-state index < -0.39 is 0 Å². The summed E-state index contributed by atoms with van der Waals surface area (Å²) in [5.74, 6) is -0.138. The molecule has 0 saturated heterocycles. The fourth-order valence-corrected chi connectivity index (χ4v) is 2.42. The number of carbonyl (C=O) groups excluding carboxylic acids is 1. The number of rotatable bonds is 1. The smallest absolute Gasteiger partial charge is 0.252 e. The Balaban J connectivity index is 2.30. The molecule has 0 bridgehead atoms. The number of amides is 1. The van der Waals surface area contributed by atoms with Crippen molar-refractivity contribution in [1.82, 2.24) is 5.32 Å². The third kappa shape index (κ3) is 1.60. The van der Waals surface area contributed by atoms with Gasteiger partial charge in [0.25, 0.3) is 5.91 Å². The lowest BCUT2D eigenvalue weighted by Gasteiger charge is -2.15. The molecule has 3 rings (SSSR count). The number of benzene rings is 2. The van der Waals surface area contributed by atoms with E-state index in [2.05, 4.69) is 5.32 Å². The van der Waals surface area contributed by atoms with Gasteiger partial charge in [0.2, 0.25) is 0 Å². The Labute approximate surface area is 105 Å². The number of hydrogen-bond acceptors (Lipinski definition) is 2. The Morgan fingerprint density at radius 1 is 0.944 bits per heavy atom. The second-order valence-electron chi connectivity index (χ2n) is 4.34. The maximum atomic E-state index is 12.1. The molecule has 1 amide bonds. The molecule has 3 heteroatoms. The van der Waals surface area contributed by atoms with Crippen molar-refractivity contribution in [3.05, 3.63) is 59.7 Å². The molecule has 1 atom stereocenters. The van der Waals surface area contributed by atoms with Crippen LogP contribution in [0, 0.1) is 0 Å². The van der Waals surface area contributed by atoms with E-state index in [0.29, 0.717) is 5.56 Å². The summed E-state index contributed by atoms with van der Waals surface area (Å²) in [5, 5.41) is 12.3. The first kappa shape index (κ1) is 11.0. The average Bonchev–Trinajstić information content (AvgIpc) is 2.55. The zero-order chi connectivity index (χ0) is 12.5. The highest BCUT2D eigenvalue weighted by Gasteiger charge is 2.25. The molecule has 18 heavy (non-hydrogen) atoms. The quantitative estimate of drug-likeness (QED) is 0.801. The average molecular weight is 239 g/mol. The van der Waals surface area contributed by atoms with Gasteiger partial charge in [-0.3, -0.25) is 4.79 Å². The molecule has 1 aliphatic heterocycles. The summed E-state index contributed by atoms with van der Waals surface area (Å²) in [4.78, 5) is 12.1. The van der Waals surface area contributed by atoms with Gasteiger partial charge in [-0.25, -0.2) is 0 Å². The van der Waals surface area contributed by atoms with Crippen LogP contribution in [-0.4, -0.2) is 17.6 Å². The van der Waals surface area contributed by atoms with Crippen molar-refractivity contribution in [2.75, 3.05) is 6.61 Å². The van der Waals surface area contributed by atoms with Crippen LogP contribution in [0.5, 0.6) is 0 Å². The third-order valence-corrected chi connectivity index (χ3v) is 3.29. The Kier molecular flexibility index (Phi) is 2.61. The molecule has 0 spiro atoms. The summed E-state index contributed by atoms with van der Waals surface area (Å²) in [6.45, 7) is -0.100. The summed E-state index contributed by atoms with van der Waals surface area (Å²) < 4.78 is 0. The van der Waals surface area contributed by atoms with Crippen LogP contribution in [0.15, 0.2) is 48.5 Å². The largest absolute Gasteiger partial charge is 0.394 e. The fourth-order valence-electron chi connectivity index (χ4n) is 2.42. The molecule has 0 aliphatic carbocycles. The van der Waals surface area contributed by atoms with E-state index in [-0.39, 0.29) is 18.6 Å². The molecule has 1 unspecified atom stereocenters. The minimum absolute atomic E-state index is 0.100. The topological polar surface area (TPSA) is 49.3 Å². The van der Waals surface area contributed by atoms with Gasteiger partial charge in [0.05, 0.1) is 12.6 Å². The lowest BCUT2D eigenvalue weighted by atomic mass is 9.94. The minimum Gasteiger partial charge on any atom is -0.394 e. The fraction of sp³-hybridized carbons (Fsp3) is 0.133. The van der Waals surface area contributed by atoms with Gasteiger partial charge in [-0.05, 0) is 22.8 Å². The van der Waals surface area contributed by atoms with Gasteiger partial charge in [-0.1, -0.05) is 42.5 Å². The van der Waals surface area contributed by atoms with Crippen LogP contribution in [0.25, 0.3) is 11.1 Å². The molecule has 1 heterocycles. The van der Waals surface area contributed by atoms with Crippen molar-refractivity contribution in [3.63, 3.8) is 0 Å². The van der Waals surface area contributed by atoms with Crippen LogP contribution < -0.4 is 5.32 Å². The van der Waals surface area contributed by atoms with Gasteiger partial charge >= 0.3 is 0 Å². The molecule has 2 aromatic carbocycles. The third-order valence-electron chi connectivity index (χ3n) is 3.29. The van der Waals surface area contributed by atoms with E-state index in [0.717, 1.165) is 16.7 Å². The molecule has 1 aliphatic rings. The Hall–Kier alpha value is -2.13. The predicted octanol–water partition coefficient (Wildman–Crippen LogP) is 2.13. The maximum Gasteiger partial charge on any atom is 0.252 e. The monoisotopic (exact) mass is 239 g/mol. The summed E-state index contributed by atoms with van der Waals surface area (Å²) in [6.07, 6.45) is 0. The number of carbonyl (C=O) groups is 1. The normalized spacial score (nSPS) is 17.4. The lowest BCUT2D eigenvalue weighted by molar-refractivity contribution is 0.0919. The van der Waals surface area contributed by atoms with Crippen molar-refractivity contribution >= 4 is 5.91 Å². The van der Waals surface area contributed by atoms with E-state index >= 15 is 0 Å². The number of nitrogens with one attached hydrogen (secondary N) is 1. The second-order valence-corrected chi connectivity index (χ2v) is 4.34. The molecule has 0 fully saturated rings. The first-order valence-corrected chi connectivity index (χ1v) is 5.91. The van der Waals surface area contributed by atoms with Crippen LogP contribution in [-0.2, 0) is 0 Å². The maximum absolute atomic E-state index is 12.1. The predicted molar refractivity (Wildman–Crippen MR) is 69.2 cm³/mol. The number of hydrogen-bond donors (Lipinski definition) is 2. The highest BCUT2D eigenvalue weighted by Crippen LogP contribution is 2.33. The summed E-state index contributed by atoms with van der Waals surface area (Å²) in [6, 6.07) is 15.0.